The van der Waals surface area contributed by atoms with Crippen LogP contribution in [0, 0.1) is 0 Å². The predicted octanol–water partition coefficient (Wildman–Crippen LogP) is 14.9. The lowest BCUT2D eigenvalue weighted by Gasteiger charge is -2.30. The zero-order chi connectivity index (χ0) is 41.5. The van der Waals surface area contributed by atoms with Crippen molar-refractivity contribution in [3.63, 3.8) is 0 Å². The van der Waals surface area contributed by atoms with Crippen LogP contribution >= 0.6 is 0 Å². The Hall–Kier alpha value is -8.27. The van der Waals surface area contributed by atoms with Crippen LogP contribution in [-0.4, -0.2) is 15.0 Å². The third-order valence-corrected chi connectivity index (χ3v) is 13.4. The van der Waals surface area contributed by atoms with Crippen LogP contribution in [0.5, 0.6) is 0 Å². The molecule has 2 aliphatic carbocycles. The standard InChI is InChI=1S/C60H37N3/c1-3-17-38(18-4-1)57-61-58(39-19-5-2-6-20-39)63-59(62-57)52-36-35-47(44-23-9-10-24-45(44)52)46-34-33-41(42-21-7-8-22-43(42)46)40-31-32-51-50-27-13-16-30-55(50)60(56(51)37-40)53-28-14-11-25-48(53)49-26-12-15-29-54(49)60/h1-37H. The van der Waals surface area contributed by atoms with Crippen molar-refractivity contribution in [2.45, 2.75) is 5.41 Å². The van der Waals surface area contributed by atoms with Crippen LogP contribution < -0.4 is 0 Å². The molecule has 1 spiro atoms. The highest BCUT2D eigenvalue weighted by Gasteiger charge is 2.51. The van der Waals surface area contributed by atoms with E-state index in [1.165, 1.54) is 77.5 Å². The van der Waals surface area contributed by atoms with Gasteiger partial charge in [-0.25, -0.2) is 15.0 Å². The quantitative estimate of drug-likeness (QED) is 0.174. The summed E-state index contributed by atoms with van der Waals surface area (Å²) in [6.07, 6.45) is 0. The molecule has 0 atom stereocenters. The second kappa shape index (κ2) is 13.9. The number of nitrogens with zero attached hydrogens (tertiary/aromatic N) is 3. The predicted molar refractivity (Wildman–Crippen MR) is 258 cm³/mol. The molecule has 0 radical (unpaired) electrons. The van der Waals surface area contributed by atoms with Crippen molar-refractivity contribution in [1.82, 2.24) is 15.0 Å². The Bertz CT molecular complexity index is 3510. The van der Waals surface area contributed by atoms with E-state index in [9.17, 15) is 0 Å². The van der Waals surface area contributed by atoms with E-state index >= 15 is 0 Å². The maximum Gasteiger partial charge on any atom is 0.164 e. The fourth-order valence-electron chi connectivity index (χ4n) is 10.7. The van der Waals surface area contributed by atoms with Gasteiger partial charge in [-0.3, -0.25) is 0 Å². The molecule has 0 amide bonds. The van der Waals surface area contributed by atoms with Crippen LogP contribution in [0.1, 0.15) is 22.3 Å². The Kier molecular flexibility index (Phi) is 7.82. The fourth-order valence-corrected chi connectivity index (χ4v) is 10.7. The van der Waals surface area contributed by atoms with Gasteiger partial charge in [0.05, 0.1) is 5.41 Å². The van der Waals surface area contributed by atoms with E-state index in [0.29, 0.717) is 17.5 Å². The van der Waals surface area contributed by atoms with Gasteiger partial charge in [0.25, 0.3) is 0 Å². The molecule has 0 aliphatic heterocycles. The number of fused-ring (bicyclic) bond motifs is 12. The molecule has 2 aliphatic rings. The van der Waals surface area contributed by atoms with Gasteiger partial charge in [-0.1, -0.05) is 212 Å². The Labute approximate surface area is 365 Å². The van der Waals surface area contributed by atoms with Gasteiger partial charge in [0.1, 0.15) is 0 Å². The van der Waals surface area contributed by atoms with Gasteiger partial charge < -0.3 is 0 Å². The minimum absolute atomic E-state index is 0.395. The number of rotatable bonds is 5. The highest BCUT2D eigenvalue weighted by Crippen LogP contribution is 2.63. The molecule has 63 heavy (non-hydrogen) atoms. The van der Waals surface area contributed by atoms with Crippen molar-refractivity contribution in [2.75, 3.05) is 0 Å². The molecule has 0 bridgehead atoms. The highest BCUT2D eigenvalue weighted by molar-refractivity contribution is 6.12. The van der Waals surface area contributed by atoms with Gasteiger partial charge in [0.2, 0.25) is 0 Å². The summed E-state index contributed by atoms with van der Waals surface area (Å²) in [5, 5.41) is 4.66. The van der Waals surface area contributed by atoms with Crippen LogP contribution in [-0.2, 0) is 5.41 Å². The first-order valence-corrected chi connectivity index (χ1v) is 21.6. The zero-order valence-electron chi connectivity index (χ0n) is 34.2. The van der Waals surface area contributed by atoms with Gasteiger partial charge >= 0.3 is 0 Å². The van der Waals surface area contributed by atoms with Crippen molar-refractivity contribution in [3.8, 4) is 78.7 Å². The van der Waals surface area contributed by atoms with Crippen molar-refractivity contribution in [3.05, 3.63) is 247 Å². The molecule has 13 rings (SSSR count). The Morgan fingerprint density at radius 3 is 1.08 bits per heavy atom. The van der Waals surface area contributed by atoms with Crippen molar-refractivity contribution >= 4 is 21.5 Å². The lowest BCUT2D eigenvalue weighted by molar-refractivity contribution is 0.794. The maximum atomic E-state index is 5.11. The lowest BCUT2D eigenvalue weighted by Crippen LogP contribution is -2.25. The summed E-state index contributed by atoms with van der Waals surface area (Å²) in [4.78, 5) is 15.2. The topological polar surface area (TPSA) is 38.7 Å². The number of hydrogen-bond donors (Lipinski definition) is 0. The number of benzene rings is 10. The highest BCUT2D eigenvalue weighted by atomic mass is 15.0. The molecule has 1 heterocycles. The Morgan fingerprint density at radius 1 is 0.222 bits per heavy atom. The van der Waals surface area contributed by atoms with Gasteiger partial charge in [-0.2, -0.15) is 0 Å². The molecule has 0 saturated carbocycles. The normalized spacial score (nSPS) is 12.9. The first-order valence-electron chi connectivity index (χ1n) is 21.6. The summed E-state index contributed by atoms with van der Waals surface area (Å²) in [5.41, 5.74) is 17.9. The minimum Gasteiger partial charge on any atom is -0.208 e. The summed E-state index contributed by atoms with van der Waals surface area (Å²) < 4.78 is 0. The SMILES string of the molecule is c1ccc(-c2nc(-c3ccccc3)nc(-c3ccc(-c4ccc(-c5ccc6c(c5)C5(c7ccccc7-c7ccccc75)c5ccccc5-6)c5ccccc45)c4ccccc34)n2)cc1. The van der Waals surface area contributed by atoms with E-state index < -0.39 is 5.41 Å². The average Bonchev–Trinajstić information content (AvgIpc) is 3.83. The van der Waals surface area contributed by atoms with E-state index in [-0.39, 0.29) is 0 Å². The van der Waals surface area contributed by atoms with Crippen LogP contribution in [0.2, 0.25) is 0 Å². The van der Waals surface area contributed by atoms with E-state index in [2.05, 4.69) is 188 Å². The Balaban J connectivity index is 0.976. The summed E-state index contributed by atoms with van der Waals surface area (Å²) in [7, 11) is 0. The smallest absolute Gasteiger partial charge is 0.164 e. The Morgan fingerprint density at radius 2 is 0.571 bits per heavy atom. The second-order valence-electron chi connectivity index (χ2n) is 16.6. The monoisotopic (exact) mass is 799 g/mol. The summed E-state index contributed by atoms with van der Waals surface area (Å²) >= 11 is 0. The van der Waals surface area contributed by atoms with Crippen LogP contribution in [0.3, 0.4) is 0 Å². The van der Waals surface area contributed by atoms with E-state index in [4.69, 9.17) is 15.0 Å². The number of aromatic nitrogens is 3. The average molecular weight is 800 g/mol. The van der Waals surface area contributed by atoms with Crippen LogP contribution in [0.4, 0.5) is 0 Å². The summed E-state index contributed by atoms with van der Waals surface area (Å²) in [6.45, 7) is 0. The first kappa shape index (κ1) is 35.5. The second-order valence-corrected chi connectivity index (χ2v) is 16.6. The maximum absolute atomic E-state index is 5.11. The van der Waals surface area contributed by atoms with Gasteiger partial charge in [-0.05, 0) is 100 Å². The summed E-state index contributed by atoms with van der Waals surface area (Å²) in [6, 6.07) is 81.2. The molecule has 3 nitrogen and oxygen atoms in total. The van der Waals surface area contributed by atoms with Gasteiger partial charge in [-0.15, -0.1) is 0 Å². The van der Waals surface area contributed by atoms with Gasteiger partial charge in [0.15, 0.2) is 17.5 Å². The van der Waals surface area contributed by atoms with Gasteiger partial charge in [0, 0.05) is 16.7 Å². The fraction of sp³-hybridized carbons (Fsp3) is 0.0167. The lowest BCUT2D eigenvalue weighted by atomic mass is 9.70. The summed E-state index contributed by atoms with van der Waals surface area (Å²) in [5.74, 6) is 1.95. The molecule has 1 aromatic heterocycles. The number of hydrogen-bond acceptors (Lipinski definition) is 3. The first-order chi connectivity index (χ1) is 31.3. The molecule has 0 fully saturated rings. The largest absolute Gasteiger partial charge is 0.208 e. The third-order valence-electron chi connectivity index (χ3n) is 13.4. The molecule has 11 aromatic rings. The molecular formula is C60H37N3. The van der Waals surface area contributed by atoms with Crippen molar-refractivity contribution < 1.29 is 0 Å². The zero-order valence-corrected chi connectivity index (χ0v) is 34.2. The molecule has 3 heteroatoms. The van der Waals surface area contributed by atoms with E-state index in [1.807, 2.05) is 36.4 Å². The van der Waals surface area contributed by atoms with Crippen molar-refractivity contribution in [1.29, 1.82) is 0 Å². The third kappa shape index (κ3) is 5.23. The van der Waals surface area contributed by atoms with Crippen LogP contribution in [0.15, 0.2) is 224 Å². The van der Waals surface area contributed by atoms with E-state index in [1.54, 1.807) is 0 Å². The molecule has 0 N–H and O–H groups in total. The molecule has 10 aromatic carbocycles. The molecule has 292 valence electrons. The molecule has 0 saturated heterocycles. The van der Waals surface area contributed by atoms with Crippen LogP contribution in [0.25, 0.3) is 100 Å². The molecule has 0 unspecified atom stereocenters. The van der Waals surface area contributed by atoms with Crippen molar-refractivity contribution in [2.24, 2.45) is 0 Å². The van der Waals surface area contributed by atoms with E-state index in [0.717, 1.165) is 27.5 Å². The minimum atomic E-state index is -0.395. The molecular weight excluding hydrogens is 763 g/mol.